The molecule has 0 saturated heterocycles. The van der Waals surface area contributed by atoms with Crippen LogP contribution in [0.2, 0.25) is 0 Å². The van der Waals surface area contributed by atoms with Crippen molar-refractivity contribution in [3.05, 3.63) is 39.9 Å². The van der Waals surface area contributed by atoms with E-state index in [1.54, 1.807) is 18.2 Å². The SMILES string of the molecule is CSCCCNCc1ccccc1[N+](=O)[O-]. The van der Waals surface area contributed by atoms with Crippen LogP contribution >= 0.6 is 11.8 Å². The number of rotatable bonds is 7. The van der Waals surface area contributed by atoms with Crippen LogP contribution in [0.25, 0.3) is 0 Å². The Morgan fingerprint density at radius 1 is 1.44 bits per heavy atom. The summed E-state index contributed by atoms with van der Waals surface area (Å²) in [5, 5.41) is 13.9. The maximum Gasteiger partial charge on any atom is 0.273 e. The summed E-state index contributed by atoms with van der Waals surface area (Å²) in [6, 6.07) is 6.85. The van der Waals surface area contributed by atoms with Gasteiger partial charge in [0.15, 0.2) is 0 Å². The number of para-hydroxylation sites is 1. The van der Waals surface area contributed by atoms with E-state index in [1.165, 1.54) is 0 Å². The van der Waals surface area contributed by atoms with Gasteiger partial charge in [0.25, 0.3) is 5.69 Å². The number of thioether (sulfide) groups is 1. The Balaban J connectivity index is 2.44. The Morgan fingerprint density at radius 3 is 2.88 bits per heavy atom. The minimum atomic E-state index is -0.334. The molecule has 0 unspecified atom stereocenters. The molecule has 0 radical (unpaired) electrons. The van der Waals surface area contributed by atoms with Crippen molar-refractivity contribution in [1.29, 1.82) is 0 Å². The van der Waals surface area contributed by atoms with E-state index < -0.39 is 0 Å². The molecule has 0 fully saturated rings. The predicted molar refractivity (Wildman–Crippen MR) is 67.8 cm³/mol. The minimum absolute atomic E-state index is 0.194. The van der Waals surface area contributed by atoms with Gasteiger partial charge in [-0.2, -0.15) is 11.8 Å². The molecule has 0 aliphatic rings. The van der Waals surface area contributed by atoms with E-state index in [2.05, 4.69) is 11.6 Å². The highest BCUT2D eigenvalue weighted by Gasteiger charge is 2.10. The molecule has 0 saturated carbocycles. The summed E-state index contributed by atoms with van der Waals surface area (Å²) < 4.78 is 0. The first-order valence-corrected chi connectivity index (χ1v) is 6.57. The quantitative estimate of drug-likeness (QED) is 0.452. The fourth-order valence-electron chi connectivity index (χ4n) is 1.40. The van der Waals surface area contributed by atoms with Gasteiger partial charge in [0, 0.05) is 18.2 Å². The van der Waals surface area contributed by atoms with Crippen molar-refractivity contribution in [3.8, 4) is 0 Å². The zero-order valence-electron chi connectivity index (χ0n) is 9.31. The van der Waals surface area contributed by atoms with Gasteiger partial charge in [-0.15, -0.1) is 0 Å². The van der Waals surface area contributed by atoms with Crippen LogP contribution < -0.4 is 5.32 Å². The molecule has 0 heterocycles. The number of hydrogen-bond acceptors (Lipinski definition) is 4. The number of benzene rings is 1. The van der Waals surface area contributed by atoms with E-state index >= 15 is 0 Å². The number of nitrogens with one attached hydrogen (secondary N) is 1. The molecule has 0 aliphatic heterocycles. The molecule has 0 aromatic heterocycles. The van der Waals surface area contributed by atoms with Crippen molar-refractivity contribution in [1.82, 2.24) is 5.32 Å². The Hall–Kier alpha value is -1.07. The normalized spacial score (nSPS) is 10.3. The summed E-state index contributed by atoms with van der Waals surface area (Å²) >= 11 is 1.81. The number of nitro groups is 1. The molecular formula is C11H16N2O2S. The largest absolute Gasteiger partial charge is 0.312 e. The molecule has 16 heavy (non-hydrogen) atoms. The molecule has 0 bridgehead atoms. The topological polar surface area (TPSA) is 55.2 Å². The molecule has 5 heteroatoms. The third-order valence-electron chi connectivity index (χ3n) is 2.21. The van der Waals surface area contributed by atoms with Gasteiger partial charge in [-0.3, -0.25) is 10.1 Å². The van der Waals surface area contributed by atoms with Crippen LogP contribution in [0.3, 0.4) is 0 Å². The first kappa shape index (κ1) is 13.0. The van der Waals surface area contributed by atoms with Gasteiger partial charge < -0.3 is 5.32 Å². The second-order valence-corrected chi connectivity index (χ2v) is 4.39. The van der Waals surface area contributed by atoms with Crippen LogP contribution in [0.5, 0.6) is 0 Å². The fourth-order valence-corrected chi connectivity index (χ4v) is 1.84. The molecule has 0 spiro atoms. The van der Waals surface area contributed by atoms with Crippen molar-refractivity contribution in [2.24, 2.45) is 0 Å². The molecule has 88 valence electrons. The Labute approximate surface area is 99.6 Å². The molecule has 0 aliphatic carbocycles. The first-order valence-electron chi connectivity index (χ1n) is 5.17. The predicted octanol–water partition coefficient (Wildman–Crippen LogP) is 2.44. The van der Waals surface area contributed by atoms with Gasteiger partial charge in [-0.05, 0) is 25.0 Å². The van der Waals surface area contributed by atoms with Crippen molar-refractivity contribution < 1.29 is 4.92 Å². The van der Waals surface area contributed by atoms with Crippen LogP contribution in [0.4, 0.5) is 5.69 Å². The van der Waals surface area contributed by atoms with Crippen molar-refractivity contribution in [2.45, 2.75) is 13.0 Å². The van der Waals surface area contributed by atoms with Gasteiger partial charge in [-0.25, -0.2) is 0 Å². The highest BCUT2D eigenvalue weighted by Crippen LogP contribution is 2.16. The van der Waals surface area contributed by atoms with Crippen LogP contribution in [0.15, 0.2) is 24.3 Å². The molecule has 4 nitrogen and oxygen atoms in total. The lowest BCUT2D eigenvalue weighted by molar-refractivity contribution is -0.385. The summed E-state index contributed by atoms with van der Waals surface area (Å²) in [6.45, 7) is 1.46. The van der Waals surface area contributed by atoms with E-state index in [1.807, 2.05) is 17.8 Å². The third-order valence-corrected chi connectivity index (χ3v) is 2.90. The summed E-state index contributed by atoms with van der Waals surface area (Å²) in [5.74, 6) is 1.11. The summed E-state index contributed by atoms with van der Waals surface area (Å²) in [4.78, 5) is 10.4. The van der Waals surface area contributed by atoms with Gasteiger partial charge in [0.1, 0.15) is 0 Å². The smallest absolute Gasteiger partial charge is 0.273 e. The number of nitro benzene ring substituents is 1. The van der Waals surface area contributed by atoms with Crippen LogP contribution in [-0.2, 0) is 6.54 Å². The third kappa shape index (κ3) is 4.20. The Morgan fingerprint density at radius 2 is 2.19 bits per heavy atom. The Kier molecular flexibility index (Phi) is 5.88. The van der Waals surface area contributed by atoms with E-state index in [0.29, 0.717) is 6.54 Å². The van der Waals surface area contributed by atoms with Crippen molar-refractivity contribution >= 4 is 17.4 Å². The second kappa shape index (κ2) is 7.24. The summed E-state index contributed by atoms with van der Waals surface area (Å²) in [7, 11) is 0. The highest BCUT2D eigenvalue weighted by atomic mass is 32.2. The maximum absolute atomic E-state index is 10.7. The lowest BCUT2D eigenvalue weighted by atomic mass is 10.2. The maximum atomic E-state index is 10.7. The second-order valence-electron chi connectivity index (χ2n) is 3.41. The molecule has 0 amide bonds. The first-order chi connectivity index (χ1) is 7.75. The lowest BCUT2D eigenvalue weighted by Gasteiger charge is -2.04. The zero-order valence-corrected chi connectivity index (χ0v) is 10.1. The molecule has 1 rings (SSSR count). The number of nitrogens with zero attached hydrogens (tertiary/aromatic N) is 1. The highest BCUT2D eigenvalue weighted by molar-refractivity contribution is 7.98. The molecular weight excluding hydrogens is 224 g/mol. The average molecular weight is 240 g/mol. The van der Waals surface area contributed by atoms with Gasteiger partial charge in [0.05, 0.1) is 4.92 Å². The van der Waals surface area contributed by atoms with Gasteiger partial charge in [0.2, 0.25) is 0 Å². The standard InChI is InChI=1S/C11H16N2O2S/c1-16-8-4-7-12-9-10-5-2-3-6-11(10)13(14)15/h2-3,5-6,12H,4,7-9H2,1H3. The van der Waals surface area contributed by atoms with Crippen LogP contribution in [0, 0.1) is 10.1 Å². The zero-order chi connectivity index (χ0) is 11.8. The molecule has 1 aromatic rings. The van der Waals surface area contributed by atoms with E-state index in [9.17, 15) is 10.1 Å². The van der Waals surface area contributed by atoms with Gasteiger partial charge in [-0.1, -0.05) is 18.2 Å². The van der Waals surface area contributed by atoms with E-state index in [4.69, 9.17) is 0 Å². The average Bonchev–Trinajstić information content (AvgIpc) is 2.29. The summed E-state index contributed by atoms with van der Waals surface area (Å²) in [6.07, 6.45) is 3.16. The van der Waals surface area contributed by atoms with E-state index in [-0.39, 0.29) is 10.6 Å². The summed E-state index contributed by atoms with van der Waals surface area (Å²) in [5.41, 5.74) is 0.941. The van der Waals surface area contributed by atoms with E-state index in [0.717, 1.165) is 24.3 Å². The van der Waals surface area contributed by atoms with Gasteiger partial charge >= 0.3 is 0 Å². The number of hydrogen-bond donors (Lipinski definition) is 1. The monoisotopic (exact) mass is 240 g/mol. The molecule has 1 aromatic carbocycles. The minimum Gasteiger partial charge on any atom is -0.312 e. The van der Waals surface area contributed by atoms with Crippen molar-refractivity contribution in [3.63, 3.8) is 0 Å². The fraction of sp³-hybridized carbons (Fsp3) is 0.455. The van der Waals surface area contributed by atoms with Crippen molar-refractivity contribution in [2.75, 3.05) is 18.6 Å². The van der Waals surface area contributed by atoms with Crippen LogP contribution in [0.1, 0.15) is 12.0 Å². The molecule has 0 atom stereocenters. The molecule has 1 N–H and O–H groups in total. The lowest BCUT2D eigenvalue weighted by Crippen LogP contribution is -2.16. The Bertz CT molecular complexity index is 345. The van der Waals surface area contributed by atoms with Crippen LogP contribution in [-0.4, -0.2) is 23.5 Å².